The summed E-state index contributed by atoms with van der Waals surface area (Å²) < 4.78 is 28.4. The highest BCUT2D eigenvalue weighted by atomic mass is 19.1. The van der Waals surface area contributed by atoms with Gasteiger partial charge in [0, 0.05) is 71.4 Å². The molecule has 3 amide bonds. The molecular weight excluding hydrogens is 665 g/mol. The number of piperidine rings is 1. The van der Waals surface area contributed by atoms with E-state index in [0.29, 0.717) is 64.2 Å². The molecule has 0 bridgehead atoms. The van der Waals surface area contributed by atoms with Gasteiger partial charge in [-0.1, -0.05) is 0 Å². The Hall–Kier alpha value is -5.95. The Kier molecular flexibility index (Phi) is 9.05. The Morgan fingerprint density at radius 1 is 1.04 bits per heavy atom. The predicted molar refractivity (Wildman–Crippen MR) is 198 cm³/mol. The minimum absolute atomic E-state index is 0.0261. The van der Waals surface area contributed by atoms with Gasteiger partial charge in [-0.3, -0.25) is 14.3 Å². The van der Waals surface area contributed by atoms with Crippen molar-refractivity contribution < 1.29 is 28.2 Å². The van der Waals surface area contributed by atoms with Crippen LogP contribution in [0.3, 0.4) is 0 Å². The third kappa shape index (κ3) is 6.39. The molecule has 0 radical (unpaired) electrons. The van der Waals surface area contributed by atoms with Crippen molar-refractivity contribution in [3.05, 3.63) is 94.3 Å². The van der Waals surface area contributed by atoms with Gasteiger partial charge >= 0.3 is 6.03 Å². The number of benzene rings is 3. The standard InChI is InChI=1S/C39H40FN7O5/c1-21-34(22(2)46(5)44-21)36-29(28-18-27(51-6)19-31(40)35(28)43-36)20-33-37(48)30-17-25(11-12-32(30)52-33)42-39(50)41-24-9-7-23(8-10-24)38(49)47-15-13-26(14-16-47)45(3)4/h7-12,17-20,26,43H,13-16H2,1-6H3,(H2,41,42,50)/b33-20-. The molecule has 4 heterocycles. The van der Waals surface area contributed by atoms with E-state index in [-0.39, 0.29) is 22.7 Å². The van der Waals surface area contributed by atoms with Crippen molar-refractivity contribution in [1.82, 2.24) is 24.6 Å². The lowest BCUT2D eigenvalue weighted by Crippen LogP contribution is -2.44. The average Bonchev–Trinajstić information content (AvgIpc) is 3.73. The van der Waals surface area contributed by atoms with Gasteiger partial charge in [0.25, 0.3) is 5.91 Å². The van der Waals surface area contributed by atoms with Crippen molar-refractivity contribution in [2.45, 2.75) is 32.7 Å². The van der Waals surface area contributed by atoms with E-state index >= 15 is 4.39 Å². The normalized spacial score (nSPS) is 15.3. The largest absolute Gasteiger partial charge is 0.497 e. The van der Waals surface area contributed by atoms with Gasteiger partial charge in [-0.2, -0.15) is 5.10 Å². The summed E-state index contributed by atoms with van der Waals surface area (Å²) in [6.07, 6.45) is 3.47. The van der Waals surface area contributed by atoms with Crippen LogP contribution in [0.25, 0.3) is 28.2 Å². The molecule has 12 nitrogen and oxygen atoms in total. The number of methoxy groups -OCH3 is 1. The Morgan fingerprint density at radius 3 is 2.38 bits per heavy atom. The van der Waals surface area contributed by atoms with Crippen LogP contribution in [0.5, 0.6) is 11.5 Å². The first-order chi connectivity index (χ1) is 24.9. The number of hydrogen-bond donors (Lipinski definition) is 3. The number of halogens is 1. The summed E-state index contributed by atoms with van der Waals surface area (Å²) in [6.45, 7) is 5.20. The van der Waals surface area contributed by atoms with Crippen LogP contribution < -0.4 is 20.1 Å². The van der Waals surface area contributed by atoms with E-state index < -0.39 is 17.6 Å². The highest BCUT2D eigenvalue weighted by Gasteiger charge is 2.30. The molecule has 2 aliphatic rings. The molecule has 0 saturated carbocycles. The molecule has 13 heteroatoms. The molecule has 0 atom stereocenters. The van der Waals surface area contributed by atoms with Crippen molar-refractivity contribution >= 4 is 46.1 Å². The Morgan fingerprint density at radius 2 is 1.73 bits per heavy atom. The summed E-state index contributed by atoms with van der Waals surface area (Å²) in [4.78, 5) is 47.0. The molecule has 268 valence electrons. The fraction of sp³-hybridized carbons (Fsp3) is 0.282. The summed E-state index contributed by atoms with van der Waals surface area (Å²) in [6, 6.07) is 14.5. The van der Waals surface area contributed by atoms with Gasteiger partial charge in [0.15, 0.2) is 11.6 Å². The third-order valence-electron chi connectivity index (χ3n) is 9.94. The SMILES string of the molecule is COc1cc(F)c2[nH]c(-c3c(C)nn(C)c3C)c(/C=C3\Oc4ccc(NC(=O)Nc5ccc(C(=O)N6CCC(N(C)C)CC6)cc5)cc4C3=O)c2c1. The number of allylic oxidation sites excluding steroid dienone is 1. The zero-order valence-electron chi connectivity index (χ0n) is 29.9. The number of urea groups is 1. The zero-order chi connectivity index (χ0) is 36.8. The summed E-state index contributed by atoms with van der Waals surface area (Å²) >= 11 is 0. The quantitative estimate of drug-likeness (QED) is 0.159. The second-order valence-corrected chi connectivity index (χ2v) is 13.4. The lowest BCUT2D eigenvalue weighted by Gasteiger charge is -2.35. The Labute approximate surface area is 300 Å². The molecule has 52 heavy (non-hydrogen) atoms. The number of ketones is 1. The Balaban J connectivity index is 1.08. The first-order valence-corrected chi connectivity index (χ1v) is 17.0. The van der Waals surface area contributed by atoms with E-state index in [9.17, 15) is 14.4 Å². The number of H-pyrrole nitrogens is 1. The van der Waals surface area contributed by atoms with Crippen molar-refractivity contribution in [3.8, 4) is 22.8 Å². The molecular formula is C39H40FN7O5. The Bertz CT molecular complexity index is 2260. The summed E-state index contributed by atoms with van der Waals surface area (Å²) in [5.41, 5.74) is 5.47. The maximum atomic E-state index is 15.3. The topological polar surface area (TPSA) is 134 Å². The third-order valence-corrected chi connectivity index (χ3v) is 9.94. The number of likely N-dealkylation sites (tertiary alicyclic amines) is 1. The lowest BCUT2D eigenvalue weighted by atomic mass is 10.0. The maximum absolute atomic E-state index is 15.3. The van der Waals surface area contributed by atoms with E-state index in [1.54, 1.807) is 59.3 Å². The van der Waals surface area contributed by atoms with Gasteiger partial charge in [0.1, 0.15) is 11.5 Å². The number of rotatable bonds is 7. The van der Waals surface area contributed by atoms with Crippen LogP contribution in [-0.2, 0) is 7.05 Å². The van der Waals surface area contributed by atoms with E-state index in [1.807, 2.05) is 25.8 Å². The number of carbonyl (C=O) groups excluding carboxylic acids is 3. The molecule has 1 saturated heterocycles. The van der Waals surface area contributed by atoms with Crippen molar-refractivity contribution in [3.63, 3.8) is 0 Å². The number of nitrogens with one attached hydrogen (secondary N) is 3. The van der Waals surface area contributed by atoms with Crippen LogP contribution in [0, 0.1) is 19.7 Å². The second-order valence-electron chi connectivity index (χ2n) is 13.4. The van der Waals surface area contributed by atoms with Crippen molar-refractivity contribution in [1.29, 1.82) is 0 Å². The zero-order valence-corrected chi connectivity index (χ0v) is 29.9. The number of aromatic amines is 1. The van der Waals surface area contributed by atoms with Crippen LogP contribution in [0.15, 0.2) is 60.4 Å². The molecule has 0 aliphatic carbocycles. The summed E-state index contributed by atoms with van der Waals surface area (Å²) in [7, 11) is 7.42. The van der Waals surface area contributed by atoms with E-state index in [1.165, 1.54) is 13.2 Å². The summed E-state index contributed by atoms with van der Waals surface area (Å²) in [5.74, 6) is -0.234. The molecule has 2 aromatic heterocycles. The molecule has 5 aromatic rings. The first-order valence-electron chi connectivity index (χ1n) is 17.0. The van der Waals surface area contributed by atoms with E-state index in [0.717, 1.165) is 29.8 Å². The smallest absolute Gasteiger partial charge is 0.323 e. The average molecular weight is 706 g/mol. The number of Topliss-reactive ketones (excluding diaryl/α,β-unsaturated/α-hetero) is 1. The van der Waals surface area contributed by atoms with Gasteiger partial charge in [-0.25, -0.2) is 9.18 Å². The van der Waals surface area contributed by atoms with Gasteiger partial charge in [-0.05, 0) is 95.4 Å². The van der Waals surface area contributed by atoms with E-state index in [2.05, 4.69) is 39.7 Å². The highest BCUT2D eigenvalue weighted by Crippen LogP contribution is 2.40. The number of carbonyl (C=O) groups is 3. The lowest BCUT2D eigenvalue weighted by molar-refractivity contribution is 0.0663. The van der Waals surface area contributed by atoms with Crippen LogP contribution >= 0.6 is 0 Å². The molecule has 3 aromatic carbocycles. The van der Waals surface area contributed by atoms with Crippen LogP contribution in [0.1, 0.15) is 50.5 Å². The highest BCUT2D eigenvalue weighted by molar-refractivity contribution is 6.16. The molecule has 7 rings (SSSR count). The first kappa shape index (κ1) is 34.5. The van der Waals surface area contributed by atoms with Gasteiger partial charge in [0.05, 0.1) is 29.6 Å². The fourth-order valence-corrected chi connectivity index (χ4v) is 7.00. The molecule has 0 spiro atoms. The number of aryl methyl sites for hydroxylation is 2. The van der Waals surface area contributed by atoms with E-state index in [4.69, 9.17) is 9.47 Å². The minimum Gasteiger partial charge on any atom is -0.497 e. The van der Waals surface area contributed by atoms with Crippen LogP contribution in [-0.4, -0.2) is 82.6 Å². The number of nitrogens with zero attached hydrogens (tertiary/aromatic N) is 4. The molecule has 0 unspecified atom stereocenters. The number of ether oxygens (including phenoxy) is 2. The number of fused-ring (bicyclic) bond motifs is 2. The maximum Gasteiger partial charge on any atom is 0.323 e. The van der Waals surface area contributed by atoms with Crippen molar-refractivity contribution in [2.24, 2.45) is 7.05 Å². The summed E-state index contributed by atoms with van der Waals surface area (Å²) in [5, 5.41) is 10.6. The predicted octanol–water partition coefficient (Wildman–Crippen LogP) is 6.76. The minimum atomic E-state index is -0.520. The second kappa shape index (κ2) is 13.6. The number of anilines is 2. The van der Waals surface area contributed by atoms with Crippen LogP contribution in [0.4, 0.5) is 20.6 Å². The monoisotopic (exact) mass is 705 g/mol. The number of hydrogen-bond acceptors (Lipinski definition) is 7. The fourth-order valence-electron chi connectivity index (χ4n) is 7.00. The van der Waals surface area contributed by atoms with Gasteiger partial charge < -0.3 is 34.9 Å². The molecule has 3 N–H and O–H groups in total. The number of aromatic nitrogens is 3. The van der Waals surface area contributed by atoms with Gasteiger partial charge in [-0.15, -0.1) is 0 Å². The van der Waals surface area contributed by atoms with Crippen LogP contribution in [0.2, 0.25) is 0 Å². The number of amides is 3. The van der Waals surface area contributed by atoms with Crippen molar-refractivity contribution in [2.75, 3.05) is 44.9 Å². The molecule has 2 aliphatic heterocycles. The van der Waals surface area contributed by atoms with Gasteiger partial charge in [0.2, 0.25) is 5.78 Å². The molecule has 1 fully saturated rings.